The molecule has 1 heterocycles. The van der Waals surface area contributed by atoms with E-state index in [1.807, 2.05) is 6.92 Å². The van der Waals surface area contributed by atoms with Crippen molar-refractivity contribution in [2.45, 2.75) is 25.9 Å². The zero-order valence-corrected chi connectivity index (χ0v) is 14.5. The van der Waals surface area contributed by atoms with Crippen LogP contribution < -0.4 is 38.1 Å². The molecule has 0 saturated heterocycles. The fraction of sp³-hybridized carbons (Fsp3) is 0.375. The molecule has 0 amide bonds. The van der Waals surface area contributed by atoms with E-state index in [4.69, 9.17) is 11.5 Å². The van der Waals surface area contributed by atoms with E-state index in [1.54, 1.807) is 6.92 Å². The molecule has 0 aromatic carbocycles. The molecule has 134 valence electrons. The van der Waals surface area contributed by atoms with Crippen molar-refractivity contribution in [3.8, 4) is 23.8 Å². The lowest BCUT2D eigenvalue weighted by atomic mass is 10.3. The summed E-state index contributed by atoms with van der Waals surface area (Å²) in [6.07, 6.45) is 0. The number of rotatable bonds is 0. The van der Waals surface area contributed by atoms with Crippen LogP contribution in [0, 0.1) is 23.8 Å². The maximum Gasteiger partial charge on any atom is 0.196 e. The molecule has 0 aliphatic carbocycles. The lowest BCUT2D eigenvalue weighted by molar-refractivity contribution is 0.648. The first-order chi connectivity index (χ1) is 11.9. The second kappa shape index (κ2) is 10.3. The Bertz CT molecular complexity index is 669. The van der Waals surface area contributed by atoms with Gasteiger partial charge in [0, 0.05) is 6.04 Å². The summed E-state index contributed by atoms with van der Waals surface area (Å²) in [5, 5.41) is 14.6. The molecule has 0 aromatic heterocycles. The molecule has 1 rings (SSSR count). The molecular weight excluding hydrogens is 318 g/mol. The maximum atomic E-state index is 5.75. The molecule has 0 fully saturated rings. The Balaban J connectivity index is 2.83. The van der Waals surface area contributed by atoms with Gasteiger partial charge in [0.2, 0.25) is 0 Å². The van der Waals surface area contributed by atoms with Crippen LogP contribution in [0.15, 0.2) is 34.8 Å². The van der Waals surface area contributed by atoms with Crippen LogP contribution in [0.2, 0.25) is 0 Å². The third-order valence-electron chi connectivity index (χ3n) is 2.69. The summed E-state index contributed by atoms with van der Waals surface area (Å²) in [7, 11) is 0. The minimum absolute atomic E-state index is 0.129. The smallest absolute Gasteiger partial charge is 0.196 e. The van der Waals surface area contributed by atoms with Gasteiger partial charge in [-0.3, -0.25) is 5.32 Å². The predicted octanol–water partition coefficient (Wildman–Crippen LogP) is -1.78. The van der Waals surface area contributed by atoms with E-state index in [2.05, 4.69) is 73.5 Å². The highest BCUT2D eigenvalue weighted by Crippen LogP contribution is 1.88. The van der Waals surface area contributed by atoms with Gasteiger partial charge in [-0.2, -0.15) is 0 Å². The quantitative estimate of drug-likeness (QED) is 0.258. The highest BCUT2D eigenvalue weighted by Gasteiger charge is 2.01. The average molecular weight is 343 g/mol. The Morgan fingerprint density at radius 3 is 2.60 bits per heavy atom. The molecule has 2 atom stereocenters. The SMILES string of the molecule is C=C1NCNC#CC(C)N=C(N)NC(N)=NCC#CC(C)NC(=C)N1. The fourth-order valence-corrected chi connectivity index (χ4v) is 1.68. The van der Waals surface area contributed by atoms with Gasteiger partial charge in [0.05, 0.1) is 24.4 Å². The Labute approximate surface area is 148 Å². The fourth-order valence-electron chi connectivity index (χ4n) is 1.68. The van der Waals surface area contributed by atoms with Gasteiger partial charge in [-0.25, -0.2) is 9.98 Å². The van der Waals surface area contributed by atoms with Gasteiger partial charge < -0.3 is 32.7 Å². The largest absolute Gasteiger partial charge is 0.370 e. The number of nitrogens with one attached hydrogen (secondary N) is 5. The highest BCUT2D eigenvalue weighted by atomic mass is 15.2. The van der Waals surface area contributed by atoms with Gasteiger partial charge in [0.1, 0.15) is 12.6 Å². The summed E-state index contributed by atoms with van der Waals surface area (Å²) in [6.45, 7) is 12.0. The zero-order chi connectivity index (χ0) is 18.7. The molecule has 0 bridgehead atoms. The molecule has 0 radical (unpaired) electrons. The van der Waals surface area contributed by atoms with E-state index in [-0.39, 0.29) is 30.5 Å². The summed E-state index contributed by atoms with van der Waals surface area (Å²) in [4.78, 5) is 8.20. The molecule has 1 aliphatic heterocycles. The van der Waals surface area contributed by atoms with Crippen molar-refractivity contribution in [1.29, 1.82) is 0 Å². The van der Waals surface area contributed by atoms with Crippen LogP contribution in [-0.2, 0) is 0 Å². The van der Waals surface area contributed by atoms with Crippen molar-refractivity contribution in [3.63, 3.8) is 0 Å². The van der Waals surface area contributed by atoms with Crippen molar-refractivity contribution in [2.75, 3.05) is 13.2 Å². The lowest BCUT2D eigenvalue weighted by Crippen LogP contribution is -2.42. The monoisotopic (exact) mass is 343 g/mol. The van der Waals surface area contributed by atoms with Gasteiger partial charge in [-0.15, -0.1) is 0 Å². The summed E-state index contributed by atoms with van der Waals surface area (Å²) in [5.41, 5.74) is 11.5. The molecule has 1 aliphatic rings. The topological polar surface area (TPSA) is 137 Å². The third kappa shape index (κ3) is 9.31. The summed E-state index contributed by atoms with van der Waals surface area (Å²) in [6, 6.07) is 2.33. The van der Waals surface area contributed by atoms with Gasteiger partial charge in [0.25, 0.3) is 0 Å². The van der Waals surface area contributed by atoms with E-state index < -0.39 is 0 Å². The standard InChI is InChI=1S/C16H25N9/c1-11-6-5-8-20-15(17)25-16(18)23-12(2)7-9-19-10-21-13(3)24-14(4)22-11/h11-12,19,21-22,24H,3-4,8,10H2,1-2H3,(H5,17,18,20,23,25). The number of nitrogens with zero attached hydrogens (tertiary/aromatic N) is 2. The van der Waals surface area contributed by atoms with Crippen LogP contribution in [0.1, 0.15) is 13.8 Å². The predicted molar refractivity (Wildman–Crippen MR) is 101 cm³/mol. The normalized spacial score (nSPS) is 22.6. The zero-order valence-electron chi connectivity index (χ0n) is 14.5. The van der Waals surface area contributed by atoms with E-state index >= 15 is 0 Å². The van der Waals surface area contributed by atoms with Crippen LogP contribution in [0.5, 0.6) is 0 Å². The second-order valence-electron chi connectivity index (χ2n) is 5.09. The molecule has 25 heavy (non-hydrogen) atoms. The molecule has 9 nitrogen and oxygen atoms in total. The minimum atomic E-state index is -0.319. The van der Waals surface area contributed by atoms with Gasteiger partial charge >= 0.3 is 0 Å². The molecule has 0 saturated carbocycles. The second-order valence-corrected chi connectivity index (χ2v) is 5.09. The molecule has 2 unspecified atom stereocenters. The van der Waals surface area contributed by atoms with E-state index in [0.29, 0.717) is 18.3 Å². The molecule has 0 aromatic rings. The van der Waals surface area contributed by atoms with E-state index in [0.717, 1.165) is 0 Å². The highest BCUT2D eigenvalue weighted by molar-refractivity contribution is 5.97. The Morgan fingerprint density at radius 2 is 1.84 bits per heavy atom. The Kier molecular flexibility index (Phi) is 8.10. The van der Waals surface area contributed by atoms with Crippen LogP contribution in [-0.4, -0.2) is 37.2 Å². The number of hydrogen-bond donors (Lipinski definition) is 7. The number of guanidine groups is 2. The van der Waals surface area contributed by atoms with E-state index in [9.17, 15) is 0 Å². The Hall–Kier alpha value is -3.46. The molecule has 0 spiro atoms. The first-order valence-electron chi connectivity index (χ1n) is 7.64. The minimum Gasteiger partial charge on any atom is -0.370 e. The summed E-state index contributed by atoms with van der Waals surface area (Å²) >= 11 is 0. The van der Waals surface area contributed by atoms with Crippen LogP contribution in [0.3, 0.4) is 0 Å². The summed E-state index contributed by atoms with van der Waals surface area (Å²) < 4.78 is 0. The van der Waals surface area contributed by atoms with E-state index in [1.165, 1.54) is 0 Å². The van der Waals surface area contributed by atoms with Crippen LogP contribution >= 0.6 is 0 Å². The number of nitrogens with two attached hydrogens (primary N) is 2. The van der Waals surface area contributed by atoms with Crippen LogP contribution in [0.25, 0.3) is 0 Å². The maximum absolute atomic E-state index is 5.75. The molecular formula is C16H25N9. The van der Waals surface area contributed by atoms with Crippen molar-refractivity contribution in [3.05, 3.63) is 24.8 Å². The van der Waals surface area contributed by atoms with Gasteiger partial charge in [-0.05, 0) is 13.8 Å². The number of hydrogen-bond acceptors (Lipinski definition) is 9. The summed E-state index contributed by atoms with van der Waals surface area (Å²) in [5.74, 6) is 10.2. The first-order valence-corrected chi connectivity index (χ1v) is 7.64. The third-order valence-corrected chi connectivity index (χ3v) is 2.69. The molecule has 9 N–H and O–H groups in total. The van der Waals surface area contributed by atoms with Gasteiger partial charge in [-0.1, -0.05) is 30.9 Å². The van der Waals surface area contributed by atoms with Crippen molar-refractivity contribution >= 4 is 11.9 Å². The van der Waals surface area contributed by atoms with Crippen molar-refractivity contribution in [2.24, 2.45) is 21.5 Å². The molecule has 9 heteroatoms. The van der Waals surface area contributed by atoms with Crippen LogP contribution in [0.4, 0.5) is 0 Å². The van der Waals surface area contributed by atoms with Crippen molar-refractivity contribution < 1.29 is 0 Å². The lowest BCUT2D eigenvalue weighted by Gasteiger charge is -2.16. The number of aliphatic imine (C=N–C) groups is 2. The Morgan fingerprint density at radius 1 is 1.08 bits per heavy atom. The van der Waals surface area contributed by atoms with Crippen molar-refractivity contribution in [1.82, 2.24) is 26.6 Å². The van der Waals surface area contributed by atoms with Gasteiger partial charge in [0.15, 0.2) is 11.9 Å². The average Bonchev–Trinajstić information content (AvgIpc) is 2.49. The first kappa shape index (κ1) is 19.6.